The van der Waals surface area contributed by atoms with Gasteiger partial charge in [0.25, 0.3) is 0 Å². The van der Waals surface area contributed by atoms with Crippen LogP contribution in [0.25, 0.3) is 5.57 Å². The predicted octanol–water partition coefficient (Wildman–Crippen LogP) is 2.36. The van der Waals surface area contributed by atoms with Crippen molar-refractivity contribution < 1.29 is 19.8 Å². The molecular weight excluding hydrogens is 220 g/mol. The Balaban J connectivity index is 3.13. The Bertz CT molecular complexity index is 455. The second-order valence-corrected chi connectivity index (χ2v) is 3.98. The van der Waals surface area contributed by atoms with E-state index >= 15 is 0 Å². The van der Waals surface area contributed by atoms with Gasteiger partial charge in [0.2, 0.25) is 0 Å². The first-order chi connectivity index (χ1) is 7.91. The van der Waals surface area contributed by atoms with Crippen LogP contribution in [0.5, 0.6) is 0 Å². The largest absolute Gasteiger partial charge is 0.478 e. The number of aliphatic carboxylic acids is 2. The summed E-state index contributed by atoms with van der Waals surface area (Å²) in [4.78, 5) is 21.4. The maximum atomic E-state index is 10.9. The molecule has 0 saturated heterocycles. The molecule has 1 aromatic carbocycles. The molecule has 4 nitrogen and oxygen atoms in total. The molecule has 0 aliphatic rings. The Morgan fingerprint density at radius 1 is 1.12 bits per heavy atom. The molecule has 4 heteroatoms. The van der Waals surface area contributed by atoms with Crippen molar-refractivity contribution in [1.82, 2.24) is 0 Å². The Hall–Kier alpha value is -2.10. The topological polar surface area (TPSA) is 74.6 Å². The summed E-state index contributed by atoms with van der Waals surface area (Å²) in [6.07, 6.45) is 0.701. The van der Waals surface area contributed by atoms with Crippen LogP contribution < -0.4 is 0 Å². The summed E-state index contributed by atoms with van der Waals surface area (Å²) < 4.78 is 0. The quantitative estimate of drug-likeness (QED) is 0.784. The van der Waals surface area contributed by atoms with Gasteiger partial charge in [-0.05, 0) is 17.0 Å². The lowest BCUT2D eigenvalue weighted by atomic mass is 9.98. The number of hydrogen-bond donors (Lipinski definition) is 2. The van der Waals surface area contributed by atoms with Crippen LogP contribution in [-0.2, 0) is 9.59 Å². The summed E-state index contributed by atoms with van der Waals surface area (Å²) in [6, 6.07) is 6.85. The summed E-state index contributed by atoms with van der Waals surface area (Å²) >= 11 is 0. The van der Waals surface area contributed by atoms with Crippen LogP contribution in [0.1, 0.15) is 30.9 Å². The number of carboxylic acid groups (broad SMARTS) is 2. The van der Waals surface area contributed by atoms with Gasteiger partial charge < -0.3 is 10.2 Å². The Kier molecular flexibility index (Phi) is 4.04. The van der Waals surface area contributed by atoms with Gasteiger partial charge in [0.1, 0.15) is 0 Å². The van der Waals surface area contributed by atoms with E-state index in [0.29, 0.717) is 17.6 Å². The summed E-state index contributed by atoms with van der Waals surface area (Å²) in [5, 5.41) is 17.5. The fourth-order valence-electron chi connectivity index (χ4n) is 1.44. The predicted molar refractivity (Wildman–Crippen MR) is 63.8 cm³/mol. The molecule has 0 aromatic heterocycles. The first-order valence-corrected chi connectivity index (χ1v) is 5.20. The van der Waals surface area contributed by atoms with E-state index in [1.54, 1.807) is 24.3 Å². The summed E-state index contributed by atoms with van der Waals surface area (Å²) in [7, 11) is 0. The zero-order valence-corrected chi connectivity index (χ0v) is 9.68. The van der Waals surface area contributed by atoms with Gasteiger partial charge in [0, 0.05) is 6.08 Å². The third-order valence-corrected chi connectivity index (χ3v) is 2.39. The van der Waals surface area contributed by atoms with E-state index in [1.807, 2.05) is 13.8 Å². The van der Waals surface area contributed by atoms with Gasteiger partial charge in [-0.15, -0.1) is 0 Å². The smallest absolute Gasteiger partial charge is 0.336 e. The Morgan fingerprint density at radius 3 is 2.00 bits per heavy atom. The molecule has 0 saturated carbocycles. The van der Waals surface area contributed by atoms with Gasteiger partial charge in [0.15, 0.2) is 0 Å². The molecule has 0 bridgehead atoms. The molecule has 1 rings (SSSR count). The van der Waals surface area contributed by atoms with Crippen LogP contribution in [0, 0.1) is 0 Å². The van der Waals surface area contributed by atoms with Crippen molar-refractivity contribution in [2.75, 3.05) is 0 Å². The molecule has 1 aromatic rings. The van der Waals surface area contributed by atoms with Crippen molar-refractivity contribution >= 4 is 17.5 Å². The molecule has 0 amide bonds. The standard InChI is InChI=1S/C13H14O4/c1-8(2)9-3-5-10(6-4-9)11(13(16)17)7-12(14)15/h3-8H,1-2H3,(H,14,15)(H,16,17)/b11-7-. The fourth-order valence-corrected chi connectivity index (χ4v) is 1.44. The van der Waals surface area contributed by atoms with Crippen LogP contribution in [0.15, 0.2) is 30.3 Å². The number of hydrogen-bond acceptors (Lipinski definition) is 2. The highest BCUT2D eigenvalue weighted by Gasteiger charge is 2.12. The average molecular weight is 234 g/mol. The van der Waals surface area contributed by atoms with Gasteiger partial charge in [-0.1, -0.05) is 38.1 Å². The van der Waals surface area contributed by atoms with Crippen molar-refractivity contribution in [3.63, 3.8) is 0 Å². The van der Waals surface area contributed by atoms with Crippen LogP contribution >= 0.6 is 0 Å². The normalized spacial score (nSPS) is 11.6. The highest BCUT2D eigenvalue weighted by Crippen LogP contribution is 2.19. The monoisotopic (exact) mass is 234 g/mol. The van der Waals surface area contributed by atoms with E-state index < -0.39 is 11.9 Å². The molecule has 0 aliphatic carbocycles. The molecular formula is C13H14O4. The summed E-state index contributed by atoms with van der Waals surface area (Å²) in [6.45, 7) is 4.06. The fraction of sp³-hybridized carbons (Fsp3) is 0.231. The molecule has 0 aliphatic heterocycles. The lowest BCUT2D eigenvalue weighted by Gasteiger charge is -2.07. The van der Waals surface area contributed by atoms with Crippen molar-refractivity contribution in [2.24, 2.45) is 0 Å². The van der Waals surface area contributed by atoms with Crippen molar-refractivity contribution in [3.8, 4) is 0 Å². The lowest BCUT2D eigenvalue weighted by molar-refractivity contribution is -0.133. The van der Waals surface area contributed by atoms with Crippen molar-refractivity contribution in [1.29, 1.82) is 0 Å². The van der Waals surface area contributed by atoms with Crippen LogP contribution in [-0.4, -0.2) is 22.2 Å². The van der Waals surface area contributed by atoms with E-state index in [0.717, 1.165) is 5.56 Å². The number of carboxylic acids is 2. The van der Waals surface area contributed by atoms with E-state index in [1.165, 1.54) is 0 Å². The minimum absolute atomic E-state index is 0.215. The molecule has 90 valence electrons. The summed E-state index contributed by atoms with van der Waals surface area (Å²) in [5.41, 5.74) is 1.26. The van der Waals surface area contributed by atoms with E-state index in [-0.39, 0.29) is 5.57 Å². The van der Waals surface area contributed by atoms with Gasteiger partial charge >= 0.3 is 11.9 Å². The first kappa shape index (κ1) is 13.0. The SMILES string of the molecule is CC(C)c1ccc(/C(=C/C(=O)O)C(=O)O)cc1. The summed E-state index contributed by atoms with van der Waals surface area (Å²) in [5.74, 6) is -2.17. The third kappa shape index (κ3) is 3.45. The molecule has 0 heterocycles. The van der Waals surface area contributed by atoms with Crippen molar-refractivity contribution in [2.45, 2.75) is 19.8 Å². The van der Waals surface area contributed by atoms with Gasteiger partial charge in [0.05, 0.1) is 5.57 Å². The molecule has 2 N–H and O–H groups in total. The highest BCUT2D eigenvalue weighted by atomic mass is 16.4. The molecule has 0 fully saturated rings. The van der Waals surface area contributed by atoms with Gasteiger partial charge in [-0.2, -0.15) is 0 Å². The zero-order valence-electron chi connectivity index (χ0n) is 9.68. The highest BCUT2D eigenvalue weighted by molar-refractivity contribution is 6.19. The van der Waals surface area contributed by atoms with Crippen LogP contribution in [0.4, 0.5) is 0 Å². The maximum absolute atomic E-state index is 10.9. The van der Waals surface area contributed by atoms with Crippen LogP contribution in [0.3, 0.4) is 0 Å². The maximum Gasteiger partial charge on any atom is 0.336 e. The molecule has 0 radical (unpaired) electrons. The van der Waals surface area contributed by atoms with E-state index in [2.05, 4.69) is 0 Å². The number of rotatable bonds is 4. The number of benzene rings is 1. The second kappa shape index (κ2) is 5.30. The van der Waals surface area contributed by atoms with E-state index in [9.17, 15) is 9.59 Å². The Morgan fingerprint density at radius 2 is 1.65 bits per heavy atom. The van der Waals surface area contributed by atoms with Gasteiger partial charge in [-0.3, -0.25) is 0 Å². The van der Waals surface area contributed by atoms with Crippen molar-refractivity contribution in [3.05, 3.63) is 41.5 Å². The number of carbonyl (C=O) groups is 2. The third-order valence-electron chi connectivity index (χ3n) is 2.39. The van der Waals surface area contributed by atoms with Crippen LogP contribution in [0.2, 0.25) is 0 Å². The molecule has 0 spiro atoms. The second-order valence-electron chi connectivity index (χ2n) is 3.98. The molecule has 17 heavy (non-hydrogen) atoms. The first-order valence-electron chi connectivity index (χ1n) is 5.20. The van der Waals surface area contributed by atoms with E-state index in [4.69, 9.17) is 10.2 Å². The molecule has 0 unspecified atom stereocenters. The Labute approximate surface area is 99.2 Å². The lowest BCUT2D eigenvalue weighted by Crippen LogP contribution is -2.03. The molecule has 0 atom stereocenters. The minimum Gasteiger partial charge on any atom is -0.478 e. The average Bonchev–Trinajstić information content (AvgIpc) is 2.25. The van der Waals surface area contributed by atoms with Gasteiger partial charge in [-0.25, -0.2) is 9.59 Å². The minimum atomic E-state index is -1.27. The zero-order chi connectivity index (χ0) is 13.0.